The first-order valence-electron chi connectivity index (χ1n) is 5.31. The first kappa shape index (κ1) is 12.9. The molecule has 0 spiro atoms. The summed E-state index contributed by atoms with van der Waals surface area (Å²) in [6.07, 6.45) is 10.8. The van der Waals surface area contributed by atoms with Gasteiger partial charge in [-0.15, -0.1) is 0 Å². The Labute approximate surface area is 86.3 Å². The summed E-state index contributed by atoms with van der Waals surface area (Å²) in [7, 11) is 0. The fourth-order valence-corrected chi connectivity index (χ4v) is 1.13. The molecule has 0 radical (unpaired) electrons. The van der Waals surface area contributed by atoms with Crippen molar-refractivity contribution in [2.24, 2.45) is 0 Å². The summed E-state index contributed by atoms with van der Waals surface area (Å²) in [5.41, 5.74) is 0.469. The molecule has 0 aliphatic rings. The molecule has 0 aliphatic carbocycles. The Morgan fingerprint density at radius 1 is 1.29 bits per heavy atom. The molecule has 0 aromatic heterocycles. The molecule has 0 unspecified atom stereocenters. The second-order valence-electron chi connectivity index (χ2n) is 3.27. The second-order valence-corrected chi connectivity index (χ2v) is 3.27. The van der Waals surface area contributed by atoms with Crippen LogP contribution in [0.5, 0.6) is 0 Å². The zero-order valence-electron chi connectivity index (χ0n) is 9.12. The van der Waals surface area contributed by atoms with Gasteiger partial charge in [-0.3, -0.25) is 0 Å². The number of carbonyl (C=O) groups is 1. The first-order valence-corrected chi connectivity index (χ1v) is 5.31. The number of hydrogen-bond donors (Lipinski definition) is 1. The highest BCUT2D eigenvalue weighted by molar-refractivity contribution is 5.86. The molecule has 0 rings (SSSR count). The lowest BCUT2D eigenvalue weighted by Crippen LogP contribution is -1.97. The maximum Gasteiger partial charge on any atom is 0.331 e. The van der Waals surface area contributed by atoms with E-state index in [0.29, 0.717) is 12.0 Å². The predicted molar refractivity (Wildman–Crippen MR) is 59.3 cm³/mol. The van der Waals surface area contributed by atoms with Crippen LogP contribution in [0.3, 0.4) is 0 Å². The van der Waals surface area contributed by atoms with E-state index in [-0.39, 0.29) is 0 Å². The van der Waals surface area contributed by atoms with Gasteiger partial charge in [0.25, 0.3) is 0 Å². The van der Waals surface area contributed by atoms with Gasteiger partial charge >= 0.3 is 5.97 Å². The number of carboxylic acid groups (broad SMARTS) is 1. The molecule has 0 fully saturated rings. The molecular weight excluding hydrogens is 176 g/mol. The lowest BCUT2D eigenvalue weighted by molar-refractivity contribution is -0.132. The van der Waals surface area contributed by atoms with Crippen LogP contribution in [0.25, 0.3) is 0 Å². The van der Waals surface area contributed by atoms with Crippen LogP contribution >= 0.6 is 0 Å². The lowest BCUT2D eigenvalue weighted by Gasteiger charge is -1.94. The third-order valence-corrected chi connectivity index (χ3v) is 2.06. The van der Waals surface area contributed by atoms with Crippen molar-refractivity contribution in [2.45, 2.75) is 46.0 Å². The van der Waals surface area contributed by atoms with E-state index >= 15 is 0 Å². The third-order valence-electron chi connectivity index (χ3n) is 2.06. The van der Waals surface area contributed by atoms with Crippen molar-refractivity contribution in [2.75, 3.05) is 0 Å². The number of allylic oxidation sites excluding steroid dienone is 3. The maximum absolute atomic E-state index is 10.6. The first-order chi connectivity index (χ1) is 6.72. The Morgan fingerprint density at radius 3 is 2.50 bits per heavy atom. The Balaban J connectivity index is 3.81. The minimum absolute atomic E-state index is 0.469. The van der Waals surface area contributed by atoms with Gasteiger partial charge in [0.05, 0.1) is 0 Å². The topological polar surface area (TPSA) is 37.3 Å². The minimum atomic E-state index is -0.814. The van der Waals surface area contributed by atoms with Gasteiger partial charge in [-0.2, -0.15) is 0 Å². The molecular formula is C12H20O2. The fraction of sp³-hybridized carbons (Fsp3) is 0.583. The fourth-order valence-electron chi connectivity index (χ4n) is 1.13. The van der Waals surface area contributed by atoms with Crippen molar-refractivity contribution in [3.8, 4) is 0 Å². The Kier molecular flexibility index (Phi) is 7.90. The molecule has 0 atom stereocenters. The van der Waals surface area contributed by atoms with Crippen LogP contribution in [0, 0.1) is 0 Å². The van der Waals surface area contributed by atoms with Gasteiger partial charge in [0.15, 0.2) is 0 Å². The van der Waals surface area contributed by atoms with Crippen molar-refractivity contribution in [1.82, 2.24) is 0 Å². The molecule has 2 heteroatoms. The molecule has 0 aromatic rings. The van der Waals surface area contributed by atoms with E-state index in [1.54, 1.807) is 6.08 Å². The molecule has 14 heavy (non-hydrogen) atoms. The van der Waals surface area contributed by atoms with Crippen molar-refractivity contribution < 1.29 is 9.90 Å². The number of aliphatic carboxylic acids is 1. The van der Waals surface area contributed by atoms with Crippen molar-refractivity contribution in [1.29, 1.82) is 0 Å². The quantitative estimate of drug-likeness (QED) is 0.384. The van der Waals surface area contributed by atoms with E-state index < -0.39 is 5.97 Å². The summed E-state index contributed by atoms with van der Waals surface area (Å²) in [5, 5.41) is 8.71. The van der Waals surface area contributed by atoms with Crippen LogP contribution in [0.4, 0.5) is 0 Å². The summed E-state index contributed by atoms with van der Waals surface area (Å²) in [5.74, 6) is -0.814. The number of carboxylic acids is 1. The Hall–Kier alpha value is -1.05. The van der Waals surface area contributed by atoms with Crippen LogP contribution in [0.1, 0.15) is 46.0 Å². The number of hydrogen-bond acceptors (Lipinski definition) is 1. The van der Waals surface area contributed by atoms with E-state index in [4.69, 9.17) is 5.11 Å². The second kappa shape index (κ2) is 8.54. The molecule has 0 amide bonds. The monoisotopic (exact) mass is 196 g/mol. The molecule has 0 bridgehead atoms. The lowest BCUT2D eigenvalue weighted by atomic mass is 10.1. The molecule has 1 N–H and O–H groups in total. The van der Waals surface area contributed by atoms with E-state index in [0.717, 1.165) is 6.42 Å². The van der Waals surface area contributed by atoms with Crippen LogP contribution in [0.2, 0.25) is 0 Å². The van der Waals surface area contributed by atoms with Gasteiger partial charge in [0.1, 0.15) is 0 Å². The average molecular weight is 196 g/mol. The number of rotatable bonds is 7. The van der Waals surface area contributed by atoms with Gasteiger partial charge in [-0.25, -0.2) is 4.79 Å². The maximum atomic E-state index is 10.6. The smallest absolute Gasteiger partial charge is 0.331 e. The number of unbranched alkanes of at least 4 members (excludes halogenated alkanes) is 3. The SMILES string of the molecule is CCCCCC=CC=C(CC)C(=O)O. The predicted octanol–water partition coefficient (Wildman–Crippen LogP) is 3.54. The van der Waals surface area contributed by atoms with Gasteiger partial charge in [-0.05, 0) is 19.3 Å². The third kappa shape index (κ3) is 6.46. The van der Waals surface area contributed by atoms with Crippen molar-refractivity contribution in [3.63, 3.8) is 0 Å². The summed E-state index contributed by atoms with van der Waals surface area (Å²) >= 11 is 0. The zero-order chi connectivity index (χ0) is 10.8. The van der Waals surface area contributed by atoms with E-state index in [2.05, 4.69) is 6.92 Å². The van der Waals surface area contributed by atoms with Crippen molar-refractivity contribution >= 4 is 5.97 Å². The normalized spacial score (nSPS) is 12.3. The Bertz CT molecular complexity index is 214. The standard InChI is InChI=1S/C12H20O2/c1-3-5-6-7-8-9-10-11(4-2)12(13)14/h8-10H,3-7H2,1-2H3,(H,13,14). The van der Waals surface area contributed by atoms with Crippen LogP contribution in [-0.2, 0) is 4.79 Å². The average Bonchev–Trinajstić information content (AvgIpc) is 2.16. The highest BCUT2D eigenvalue weighted by Crippen LogP contribution is 2.03. The van der Waals surface area contributed by atoms with Gasteiger partial charge in [-0.1, -0.05) is 44.9 Å². The van der Waals surface area contributed by atoms with Gasteiger partial charge < -0.3 is 5.11 Å². The summed E-state index contributed by atoms with van der Waals surface area (Å²) in [4.78, 5) is 10.6. The summed E-state index contributed by atoms with van der Waals surface area (Å²) in [6.45, 7) is 4.02. The largest absolute Gasteiger partial charge is 0.478 e. The van der Waals surface area contributed by atoms with Crippen LogP contribution < -0.4 is 0 Å². The minimum Gasteiger partial charge on any atom is -0.478 e. The summed E-state index contributed by atoms with van der Waals surface area (Å²) < 4.78 is 0. The molecule has 0 saturated carbocycles. The molecule has 0 aliphatic heterocycles. The van der Waals surface area contributed by atoms with Gasteiger partial charge in [0.2, 0.25) is 0 Å². The van der Waals surface area contributed by atoms with E-state index in [9.17, 15) is 4.79 Å². The highest BCUT2D eigenvalue weighted by Gasteiger charge is 2.00. The highest BCUT2D eigenvalue weighted by atomic mass is 16.4. The van der Waals surface area contributed by atoms with Crippen LogP contribution in [-0.4, -0.2) is 11.1 Å². The molecule has 0 heterocycles. The van der Waals surface area contributed by atoms with E-state index in [1.807, 2.05) is 19.1 Å². The Morgan fingerprint density at radius 2 is 2.00 bits per heavy atom. The molecule has 0 saturated heterocycles. The molecule has 80 valence electrons. The van der Waals surface area contributed by atoms with Crippen LogP contribution in [0.15, 0.2) is 23.8 Å². The molecule has 0 aromatic carbocycles. The summed E-state index contributed by atoms with van der Waals surface area (Å²) in [6, 6.07) is 0. The molecule has 2 nitrogen and oxygen atoms in total. The van der Waals surface area contributed by atoms with Gasteiger partial charge in [0, 0.05) is 5.57 Å². The zero-order valence-corrected chi connectivity index (χ0v) is 9.12. The van der Waals surface area contributed by atoms with Crippen molar-refractivity contribution in [3.05, 3.63) is 23.8 Å². The van der Waals surface area contributed by atoms with E-state index in [1.165, 1.54) is 19.3 Å².